The molecule has 0 saturated heterocycles. The van der Waals surface area contributed by atoms with E-state index in [9.17, 15) is 43.2 Å². The Morgan fingerprint density at radius 3 is 0.740 bits per heavy atom. The molecule has 4 unspecified atom stereocenters. The number of carbonyl (C=O) groups is 4. The van der Waals surface area contributed by atoms with Gasteiger partial charge in [-0.05, 0) is 49.4 Å². The molecule has 0 aromatic heterocycles. The minimum absolute atomic E-state index is 0.102. The van der Waals surface area contributed by atoms with Crippen LogP contribution in [-0.2, 0) is 65.4 Å². The lowest BCUT2D eigenvalue weighted by Crippen LogP contribution is -2.30. The molecule has 0 saturated carbocycles. The second kappa shape index (κ2) is 66.3. The molecule has 0 spiro atoms. The van der Waals surface area contributed by atoms with Gasteiger partial charge in [-0.25, -0.2) is 9.13 Å². The van der Waals surface area contributed by atoms with Crippen molar-refractivity contribution >= 4 is 39.5 Å². The van der Waals surface area contributed by atoms with Crippen LogP contribution in [0.3, 0.4) is 0 Å². The zero-order valence-electron chi connectivity index (χ0n) is 63.0. The van der Waals surface area contributed by atoms with Gasteiger partial charge in [-0.15, -0.1) is 0 Å². The van der Waals surface area contributed by atoms with Crippen LogP contribution in [-0.4, -0.2) is 96.7 Å². The van der Waals surface area contributed by atoms with E-state index in [4.69, 9.17) is 37.0 Å². The number of aliphatic hydroxyl groups is 1. The van der Waals surface area contributed by atoms with Gasteiger partial charge in [0.2, 0.25) is 0 Å². The molecule has 96 heavy (non-hydrogen) atoms. The first-order valence-electron chi connectivity index (χ1n) is 39.7. The number of aliphatic hydroxyl groups excluding tert-OH is 1. The molecule has 19 heteroatoms. The van der Waals surface area contributed by atoms with Crippen LogP contribution in [0.1, 0.15) is 389 Å². The van der Waals surface area contributed by atoms with E-state index in [1.54, 1.807) is 0 Å². The van der Waals surface area contributed by atoms with Crippen molar-refractivity contribution in [3.63, 3.8) is 0 Å². The van der Waals surface area contributed by atoms with E-state index in [-0.39, 0.29) is 25.7 Å². The summed E-state index contributed by atoms with van der Waals surface area (Å²) in [5.41, 5.74) is 0. The fraction of sp³-hybridized carbons (Fsp3) is 0.948. The van der Waals surface area contributed by atoms with Crippen LogP contribution in [0.15, 0.2) is 0 Å². The molecule has 17 nitrogen and oxygen atoms in total. The molecule has 0 aliphatic carbocycles. The molecule has 0 aromatic rings. The van der Waals surface area contributed by atoms with Gasteiger partial charge in [-0.3, -0.25) is 37.3 Å². The van der Waals surface area contributed by atoms with Crippen LogP contribution in [0, 0.1) is 23.7 Å². The van der Waals surface area contributed by atoms with E-state index in [1.165, 1.54) is 186 Å². The van der Waals surface area contributed by atoms with Crippen molar-refractivity contribution in [1.82, 2.24) is 0 Å². The number of unbranched alkanes of at least 4 members (excludes halogenated alkanes) is 39. The first-order valence-corrected chi connectivity index (χ1v) is 42.7. The summed E-state index contributed by atoms with van der Waals surface area (Å²) in [5.74, 6) is 0.919. The minimum Gasteiger partial charge on any atom is -0.462 e. The third-order valence-corrected chi connectivity index (χ3v) is 20.1. The van der Waals surface area contributed by atoms with Gasteiger partial charge in [0.15, 0.2) is 12.2 Å². The summed E-state index contributed by atoms with van der Waals surface area (Å²) < 4.78 is 68.5. The maximum absolute atomic E-state index is 13.1. The summed E-state index contributed by atoms with van der Waals surface area (Å²) in [6, 6.07) is 0. The summed E-state index contributed by atoms with van der Waals surface area (Å²) in [6.45, 7) is 14.2. The first kappa shape index (κ1) is 94.1. The minimum atomic E-state index is -4.96. The van der Waals surface area contributed by atoms with Crippen molar-refractivity contribution < 1.29 is 80.2 Å². The Kier molecular flexibility index (Phi) is 65.0. The molecular weight excluding hydrogens is 1260 g/mol. The molecule has 0 aromatic carbocycles. The molecule has 0 bridgehead atoms. The molecule has 0 amide bonds. The third-order valence-electron chi connectivity index (χ3n) is 18.2. The number of esters is 4. The van der Waals surface area contributed by atoms with Crippen LogP contribution in [0.2, 0.25) is 0 Å². The summed E-state index contributed by atoms with van der Waals surface area (Å²) in [5, 5.41) is 10.6. The number of hydrogen-bond acceptors (Lipinski definition) is 15. The van der Waals surface area contributed by atoms with Gasteiger partial charge in [0.05, 0.1) is 26.4 Å². The normalized spacial score (nSPS) is 14.4. The maximum Gasteiger partial charge on any atom is 0.472 e. The molecular formula is C77H150O17P2. The lowest BCUT2D eigenvalue weighted by atomic mass is 9.99. The Labute approximate surface area is 588 Å². The van der Waals surface area contributed by atoms with E-state index in [0.29, 0.717) is 37.5 Å². The Morgan fingerprint density at radius 2 is 0.500 bits per heavy atom. The quantitative estimate of drug-likeness (QED) is 0.0222. The summed E-state index contributed by atoms with van der Waals surface area (Å²) >= 11 is 0. The molecule has 0 heterocycles. The van der Waals surface area contributed by atoms with E-state index >= 15 is 0 Å². The van der Waals surface area contributed by atoms with Gasteiger partial charge in [0.1, 0.15) is 19.3 Å². The zero-order chi connectivity index (χ0) is 71.0. The second-order valence-corrected chi connectivity index (χ2v) is 32.3. The van der Waals surface area contributed by atoms with Crippen LogP contribution in [0.5, 0.6) is 0 Å². The van der Waals surface area contributed by atoms with Gasteiger partial charge in [-0.1, -0.05) is 338 Å². The van der Waals surface area contributed by atoms with Crippen LogP contribution in [0.25, 0.3) is 0 Å². The molecule has 0 fully saturated rings. The van der Waals surface area contributed by atoms with Gasteiger partial charge in [0.25, 0.3) is 0 Å². The van der Waals surface area contributed by atoms with E-state index in [0.717, 1.165) is 108 Å². The summed E-state index contributed by atoms with van der Waals surface area (Å²) in [7, 11) is -9.91. The SMILES string of the molecule is CCC(C)CCCCCCCCCCCCCCCCCCCCC(=O)O[C@H](COC(=O)CCCCCCCCCCCCCC(C)C)COP(=O)(O)OCC(O)COP(=O)(O)OC[C@@H](COC(=O)CCCCCCCCCC(C)C)OC(=O)CCCCCCCCCC(C)C. The number of rotatable bonds is 74. The van der Waals surface area contributed by atoms with Crippen LogP contribution < -0.4 is 0 Å². The predicted octanol–water partition coefficient (Wildman–Crippen LogP) is 22.4. The van der Waals surface area contributed by atoms with Crippen molar-refractivity contribution in [2.75, 3.05) is 39.6 Å². The first-order chi connectivity index (χ1) is 46.1. The number of ether oxygens (including phenoxy) is 4. The molecule has 0 aliphatic heterocycles. The van der Waals surface area contributed by atoms with E-state index < -0.39 is 97.5 Å². The molecule has 6 atom stereocenters. The Balaban J connectivity index is 5.19. The van der Waals surface area contributed by atoms with E-state index in [1.807, 2.05) is 0 Å². The Morgan fingerprint density at radius 1 is 0.292 bits per heavy atom. The molecule has 3 N–H and O–H groups in total. The zero-order valence-corrected chi connectivity index (χ0v) is 64.8. The highest BCUT2D eigenvalue weighted by molar-refractivity contribution is 7.47. The van der Waals surface area contributed by atoms with Crippen LogP contribution in [0.4, 0.5) is 0 Å². The van der Waals surface area contributed by atoms with E-state index in [2.05, 4.69) is 55.4 Å². The van der Waals surface area contributed by atoms with Gasteiger partial charge in [-0.2, -0.15) is 0 Å². The molecule has 0 aliphatic rings. The number of carbonyl (C=O) groups excluding carboxylic acids is 4. The van der Waals surface area contributed by atoms with Gasteiger partial charge in [0, 0.05) is 25.7 Å². The van der Waals surface area contributed by atoms with Crippen LogP contribution >= 0.6 is 15.6 Å². The fourth-order valence-corrected chi connectivity index (χ4v) is 13.3. The third kappa shape index (κ3) is 69.2. The largest absolute Gasteiger partial charge is 0.472 e. The molecule has 0 radical (unpaired) electrons. The predicted molar refractivity (Wildman–Crippen MR) is 391 cm³/mol. The number of phosphoric acid groups is 2. The van der Waals surface area contributed by atoms with Crippen molar-refractivity contribution in [2.45, 2.75) is 408 Å². The lowest BCUT2D eigenvalue weighted by molar-refractivity contribution is -0.161. The molecule has 0 rings (SSSR count). The van der Waals surface area contributed by atoms with Crippen molar-refractivity contribution in [3.8, 4) is 0 Å². The number of hydrogen-bond donors (Lipinski definition) is 3. The Bertz CT molecular complexity index is 1890. The maximum atomic E-state index is 13.1. The molecule has 570 valence electrons. The highest BCUT2D eigenvalue weighted by Crippen LogP contribution is 2.45. The topological polar surface area (TPSA) is 237 Å². The summed E-state index contributed by atoms with van der Waals surface area (Å²) in [6.07, 6.45) is 51.6. The smallest absolute Gasteiger partial charge is 0.462 e. The Hall–Kier alpha value is -1.94. The average Bonchev–Trinajstić information content (AvgIpc) is 1.40. The van der Waals surface area contributed by atoms with Gasteiger partial charge < -0.3 is 33.8 Å². The standard InChI is InChI=1S/C77H150O17P2/c1-9-70(8)56-48-40-32-24-20-16-14-12-10-11-13-15-17-21-26-34-43-51-59-76(81)93-72(63-87-74(79)57-49-41-33-25-22-18-19-23-29-37-45-53-67(2)3)65-91-95(83,84)89-61-71(78)62-90-96(85,86)92-66-73(94-77(82)60-52-44-36-28-31-39-47-55-69(6)7)64-88-75(80)58-50-42-35-27-30-38-46-54-68(4)5/h67-73,78H,9-66H2,1-8H3,(H,83,84)(H,85,86)/t70?,71?,72-,73-/m1/s1. The van der Waals surface area contributed by atoms with Crippen molar-refractivity contribution in [1.29, 1.82) is 0 Å². The second-order valence-electron chi connectivity index (χ2n) is 29.4. The van der Waals surface area contributed by atoms with Crippen molar-refractivity contribution in [2.24, 2.45) is 23.7 Å². The van der Waals surface area contributed by atoms with Gasteiger partial charge >= 0.3 is 39.5 Å². The summed E-state index contributed by atoms with van der Waals surface area (Å²) in [4.78, 5) is 72.7. The number of phosphoric ester groups is 2. The highest BCUT2D eigenvalue weighted by Gasteiger charge is 2.30. The highest BCUT2D eigenvalue weighted by atomic mass is 31.2. The van der Waals surface area contributed by atoms with Crippen molar-refractivity contribution in [3.05, 3.63) is 0 Å². The lowest BCUT2D eigenvalue weighted by Gasteiger charge is -2.21. The monoisotopic (exact) mass is 1410 g/mol. The fourth-order valence-electron chi connectivity index (χ4n) is 11.7. The average molecular weight is 1410 g/mol.